The Morgan fingerprint density at radius 3 is 2.70 bits per heavy atom. The summed E-state index contributed by atoms with van der Waals surface area (Å²) >= 11 is 12.1. The molecule has 6 heteroatoms. The predicted octanol–water partition coefficient (Wildman–Crippen LogP) is 6.41. The van der Waals surface area contributed by atoms with Crippen LogP contribution in [0.15, 0.2) is 41.0 Å². The summed E-state index contributed by atoms with van der Waals surface area (Å²) in [5.41, 5.74) is 4.76. The van der Waals surface area contributed by atoms with E-state index >= 15 is 0 Å². The molecule has 0 fully saturated rings. The molecule has 4 nitrogen and oxygen atoms in total. The lowest BCUT2D eigenvalue weighted by atomic mass is 9.98. The van der Waals surface area contributed by atoms with E-state index in [1.807, 2.05) is 26.8 Å². The second kappa shape index (κ2) is 7.67. The molecule has 0 bridgehead atoms. The SMILES string of the molecule is COc1c(/C(C)=C/C(=O)Nc2cccc(Cl)c2Cl)cc2c(C)coc2c1C. The van der Waals surface area contributed by atoms with Crippen molar-refractivity contribution in [2.45, 2.75) is 20.8 Å². The Balaban J connectivity index is 1.99. The summed E-state index contributed by atoms with van der Waals surface area (Å²) < 4.78 is 11.2. The average Bonchev–Trinajstić information content (AvgIpc) is 3.00. The maximum Gasteiger partial charge on any atom is 0.248 e. The Bertz CT molecular complexity index is 1070. The van der Waals surface area contributed by atoms with Crippen molar-refractivity contribution in [1.29, 1.82) is 0 Å². The van der Waals surface area contributed by atoms with Crippen LogP contribution in [0.5, 0.6) is 5.75 Å². The molecule has 1 amide bonds. The number of nitrogens with one attached hydrogen (secondary N) is 1. The van der Waals surface area contributed by atoms with Gasteiger partial charge in [-0.25, -0.2) is 0 Å². The lowest BCUT2D eigenvalue weighted by molar-refractivity contribution is -0.111. The van der Waals surface area contributed by atoms with Gasteiger partial charge in [0, 0.05) is 22.6 Å². The van der Waals surface area contributed by atoms with Crippen LogP contribution in [-0.4, -0.2) is 13.0 Å². The molecule has 1 heterocycles. The van der Waals surface area contributed by atoms with Crippen LogP contribution in [0, 0.1) is 13.8 Å². The summed E-state index contributed by atoms with van der Waals surface area (Å²) in [6.45, 7) is 5.78. The minimum absolute atomic E-state index is 0.305. The maximum absolute atomic E-state index is 12.5. The number of hydrogen-bond acceptors (Lipinski definition) is 3. The van der Waals surface area contributed by atoms with Gasteiger partial charge in [-0.2, -0.15) is 0 Å². The normalized spacial score (nSPS) is 11.7. The third kappa shape index (κ3) is 3.68. The topological polar surface area (TPSA) is 51.5 Å². The van der Waals surface area contributed by atoms with Crippen LogP contribution in [0.3, 0.4) is 0 Å². The fourth-order valence-electron chi connectivity index (χ4n) is 3.04. The standard InChI is InChI=1S/C21H19Cl2NO3/c1-11(8-18(25)24-17-7-5-6-16(22)19(17)23)14-9-15-12(2)10-27-21(15)13(3)20(14)26-4/h5-10H,1-4H3,(H,24,25)/b11-8+. The van der Waals surface area contributed by atoms with Crippen LogP contribution in [-0.2, 0) is 4.79 Å². The van der Waals surface area contributed by atoms with E-state index in [1.165, 1.54) is 6.08 Å². The number of amides is 1. The van der Waals surface area contributed by atoms with Crippen molar-refractivity contribution < 1.29 is 13.9 Å². The van der Waals surface area contributed by atoms with Gasteiger partial charge in [-0.1, -0.05) is 29.3 Å². The molecule has 0 aliphatic rings. The van der Waals surface area contributed by atoms with Gasteiger partial charge in [0.15, 0.2) is 0 Å². The van der Waals surface area contributed by atoms with Gasteiger partial charge in [0.25, 0.3) is 0 Å². The first kappa shape index (κ1) is 19.3. The second-order valence-electron chi connectivity index (χ2n) is 6.30. The molecule has 0 radical (unpaired) electrons. The van der Waals surface area contributed by atoms with Gasteiger partial charge in [0.2, 0.25) is 5.91 Å². The van der Waals surface area contributed by atoms with E-state index in [-0.39, 0.29) is 5.91 Å². The van der Waals surface area contributed by atoms with Gasteiger partial charge in [-0.15, -0.1) is 0 Å². The van der Waals surface area contributed by atoms with Crippen LogP contribution >= 0.6 is 23.2 Å². The number of ether oxygens (including phenoxy) is 1. The van der Waals surface area contributed by atoms with Gasteiger partial charge in [-0.3, -0.25) is 4.79 Å². The first-order valence-electron chi connectivity index (χ1n) is 8.32. The van der Waals surface area contributed by atoms with Crippen molar-refractivity contribution >= 4 is 51.3 Å². The maximum atomic E-state index is 12.5. The third-order valence-electron chi connectivity index (χ3n) is 4.42. The summed E-state index contributed by atoms with van der Waals surface area (Å²) in [6.07, 6.45) is 3.23. The highest BCUT2D eigenvalue weighted by Gasteiger charge is 2.17. The van der Waals surface area contributed by atoms with E-state index < -0.39 is 0 Å². The number of rotatable bonds is 4. The van der Waals surface area contributed by atoms with E-state index in [0.717, 1.165) is 33.2 Å². The van der Waals surface area contributed by atoms with Crippen LogP contribution < -0.4 is 10.1 Å². The molecule has 3 aromatic rings. The molecule has 1 aromatic heterocycles. The highest BCUT2D eigenvalue weighted by atomic mass is 35.5. The molecule has 27 heavy (non-hydrogen) atoms. The van der Waals surface area contributed by atoms with E-state index in [1.54, 1.807) is 31.6 Å². The minimum Gasteiger partial charge on any atom is -0.496 e. The van der Waals surface area contributed by atoms with Crippen molar-refractivity contribution in [2.24, 2.45) is 0 Å². The van der Waals surface area contributed by atoms with Gasteiger partial charge in [-0.05, 0) is 50.1 Å². The zero-order valence-electron chi connectivity index (χ0n) is 15.4. The largest absolute Gasteiger partial charge is 0.496 e. The zero-order valence-corrected chi connectivity index (χ0v) is 17.0. The first-order valence-corrected chi connectivity index (χ1v) is 9.08. The van der Waals surface area contributed by atoms with Crippen LogP contribution in [0.2, 0.25) is 10.0 Å². The molecule has 0 spiro atoms. The molecular formula is C21H19Cl2NO3. The molecule has 140 valence electrons. The Labute approximate surface area is 167 Å². The number of furan rings is 1. The second-order valence-corrected chi connectivity index (χ2v) is 7.08. The number of allylic oxidation sites excluding steroid dienone is 1. The number of halogens is 2. The van der Waals surface area contributed by atoms with Crippen LogP contribution in [0.1, 0.15) is 23.6 Å². The van der Waals surface area contributed by atoms with E-state index in [9.17, 15) is 4.79 Å². The number of methoxy groups -OCH3 is 1. The van der Waals surface area contributed by atoms with Crippen molar-refractivity contribution in [1.82, 2.24) is 0 Å². The summed E-state index contributed by atoms with van der Waals surface area (Å²) in [6, 6.07) is 7.06. The predicted molar refractivity (Wildman–Crippen MR) is 111 cm³/mol. The molecule has 0 aliphatic heterocycles. The van der Waals surface area contributed by atoms with Gasteiger partial charge >= 0.3 is 0 Å². The highest BCUT2D eigenvalue weighted by molar-refractivity contribution is 6.44. The van der Waals surface area contributed by atoms with Crippen molar-refractivity contribution in [2.75, 3.05) is 12.4 Å². The zero-order chi connectivity index (χ0) is 19.7. The number of fused-ring (bicyclic) bond motifs is 1. The Hall–Kier alpha value is -2.43. The molecule has 0 saturated carbocycles. The number of anilines is 1. The van der Waals surface area contributed by atoms with Crippen LogP contribution in [0.4, 0.5) is 5.69 Å². The molecule has 2 aromatic carbocycles. The number of benzene rings is 2. The minimum atomic E-state index is -0.305. The smallest absolute Gasteiger partial charge is 0.248 e. The summed E-state index contributed by atoms with van der Waals surface area (Å²) in [7, 11) is 1.60. The van der Waals surface area contributed by atoms with E-state index in [0.29, 0.717) is 21.5 Å². The van der Waals surface area contributed by atoms with E-state index in [4.69, 9.17) is 32.4 Å². The molecule has 0 saturated heterocycles. The highest BCUT2D eigenvalue weighted by Crippen LogP contribution is 2.37. The number of hydrogen-bond donors (Lipinski definition) is 1. The fourth-order valence-corrected chi connectivity index (χ4v) is 3.39. The van der Waals surface area contributed by atoms with Crippen LogP contribution in [0.25, 0.3) is 16.5 Å². The van der Waals surface area contributed by atoms with Crippen molar-refractivity contribution in [3.8, 4) is 5.75 Å². The fraction of sp³-hybridized carbons (Fsp3) is 0.190. The number of aryl methyl sites for hydroxylation is 2. The lowest BCUT2D eigenvalue weighted by Crippen LogP contribution is -2.09. The summed E-state index contributed by atoms with van der Waals surface area (Å²) in [4.78, 5) is 12.5. The molecule has 0 atom stereocenters. The monoisotopic (exact) mass is 403 g/mol. The van der Waals surface area contributed by atoms with Gasteiger partial charge in [0.05, 0.1) is 29.1 Å². The summed E-state index contributed by atoms with van der Waals surface area (Å²) in [5, 5.41) is 4.44. The first-order chi connectivity index (χ1) is 12.8. The Morgan fingerprint density at radius 2 is 2.00 bits per heavy atom. The molecule has 0 unspecified atom stereocenters. The molecule has 1 N–H and O–H groups in total. The molecule has 0 aliphatic carbocycles. The quantitative estimate of drug-likeness (QED) is 0.512. The Morgan fingerprint density at radius 1 is 1.26 bits per heavy atom. The van der Waals surface area contributed by atoms with Crippen molar-refractivity contribution in [3.63, 3.8) is 0 Å². The van der Waals surface area contributed by atoms with Gasteiger partial charge in [0.1, 0.15) is 11.3 Å². The van der Waals surface area contributed by atoms with Crippen molar-refractivity contribution in [3.05, 3.63) is 63.3 Å². The Kier molecular flexibility index (Phi) is 5.49. The van der Waals surface area contributed by atoms with Gasteiger partial charge < -0.3 is 14.5 Å². The molecular weight excluding hydrogens is 385 g/mol. The number of carbonyl (C=O) groups excluding carboxylic acids is 1. The van der Waals surface area contributed by atoms with E-state index in [2.05, 4.69) is 5.32 Å². The summed E-state index contributed by atoms with van der Waals surface area (Å²) in [5.74, 6) is 0.375. The number of carbonyl (C=O) groups is 1. The third-order valence-corrected chi connectivity index (χ3v) is 5.24. The lowest BCUT2D eigenvalue weighted by Gasteiger charge is -2.13. The molecule has 3 rings (SSSR count). The average molecular weight is 404 g/mol.